The Morgan fingerprint density at radius 1 is 1.00 bits per heavy atom. The molecular weight excluding hydrogens is 376 g/mol. The van der Waals surface area contributed by atoms with Gasteiger partial charge in [0.25, 0.3) is 5.91 Å². The van der Waals surface area contributed by atoms with Crippen molar-refractivity contribution in [3.63, 3.8) is 0 Å². The molecule has 2 amide bonds. The van der Waals surface area contributed by atoms with E-state index in [1.165, 1.54) is 0 Å². The SMILES string of the molecule is CCCCNC(=O)[C@H](C)N(Cc1ccc(C)cc1)C(=O)COc1cc(C)cc(C)c1. The molecule has 0 saturated carbocycles. The largest absolute Gasteiger partial charge is 0.484 e. The molecule has 0 aromatic heterocycles. The topological polar surface area (TPSA) is 58.6 Å². The minimum absolute atomic E-state index is 0.110. The van der Waals surface area contributed by atoms with Gasteiger partial charge in [0.15, 0.2) is 6.61 Å². The summed E-state index contributed by atoms with van der Waals surface area (Å²) in [6.07, 6.45) is 1.92. The van der Waals surface area contributed by atoms with Crippen molar-refractivity contribution in [2.75, 3.05) is 13.2 Å². The van der Waals surface area contributed by atoms with Gasteiger partial charge in [-0.1, -0.05) is 49.2 Å². The van der Waals surface area contributed by atoms with Crippen LogP contribution in [-0.2, 0) is 16.1 Å². The van der Waals surface area contributed by atoms with E-state index >= 15 is 0 Å². The number of unbranched alkanes of at least 4 members (excludes halogenated alkanes) is 1. The fourth-order valence-corrected chi connectivity index (χ4v) is 3.25. The molecule has 5 nitrogen and oxygen atoms in total. The second-order valence-electron chi connectivity index (χ2n) is 7.94. The summed E-state index contributed by atoms with van der Waals surface area (Å²) < 4.78 is 5.77. The molecule has 0 heterocycles. The summed E-state index contributed by atoms with van der Waals surface area (Å²) in [6.45, 7) is 10.7. The van der Waals surface area contributed by atoms with E-state index < -0.39 is 6.04 Å². The van der Waals surface area contributed by atoms with Gasteiger partial charge >= 0.3 is 0 Å². The highest BCUT2D eigenvalue weighted by atomic mass is 16.5. The Labute approximate surface area is 180 Å². The molecule has 162 valence electrons. The van der Waals surface area contributed by atoms with Crippen LogP contribution in [0.1, 0.15) is 48.9 Å². The summed E-state index contributed by atoms with van der Waals surface area (Å²) in [4.78, 5) is 27.3. The van der Waals surface area contributed by atoms with Gasteiger partial charge in [-0.05, 0) is 62.9 Å². The maximum atomic E-state index is 13.1. The van der Waals surface area contributed by atoms with Crippen molar-refractivity contribution >= 4 is 11.8 Å². The molecule has 2 aromatic rings. The lowest BCUT2D eigenvalue weighted by molar-refractivity contribution is -0.142. The maximum Gasteiger partial charge on any atom is 0.261 e. The second kappa shape index (κ2) is 11.4. The normalized spacial score (nSPS) is 11.6. The first kappa shape index (κ1) is 23.5. The zero-order valence-electron chi connectivity index (χ0n) is 18.8. The number of carbonyl (C=O) groups excluding carboxylic acids is 2. The number of ether oxygens (including phenoxy) is 1. The summed E-state index contributed by atoms with van der Waals surface area (Å²) in [5.41, 5.74) is 4.30. The molecule has 5 heteroatoms. The Morgan fingerprint density at radius 3 is 2.23 bits per heavy atom. The Kier molecular flexibility index (Phi) is 8.90. The number of aryl methyl sites for hydroxylation is 3. The standard InChI is InChI=1S/C25H34N2O3/c1-6-7-12-26-25(29)21(5)27(16-22-10-8-18(2)9-11-22)24(28)17-30-23-14-19(3)13-20(4)15-23/h8-11,13-15,21H,6-7,12,16-17H2,1-5H3,(H,26,29)/t21-/m0/s1. The van der Waals surface area contributed by atoms with Crippen LogP contribution in [0.3, 0.4) is 0 Å². The maximum absolute atomic E-state index is 13.1. The number of benzene rings is 2. The summed E-state index contributed by atoms with van der Waals surface area (Å²) in [7, 11) is 0. The summed E-state index contributed by atoms with van der Waals surface area (Å²) in [5, 5.41) is 2.93. The van der Waals surface area contributed by atoms with Crippen LogP contribution in [0.15, 0.2) is 42.5 Å². The molecule has 2 rings (SSSR count). The number of nitrogens with zero attached hydrogens (tertiary/aromatic N) is 1. The number of hydrogen-bond acceptors (Lipinski definition) is 3. The zero-order valence-corrected chi connectivity index (χ0v) is 18.8. The highest BCUT2D eigenvalue weighted by Gasteiger charge is 2.26. The molecule has 0 unspecified atom stereocenters. The van der Waals surface area contributed by atoms with Crippen LogP contribution in [0.4, 0.5) is 0 Å². The summed E-state index contributed by atoms with van der Waals surface area (Å²) in [6, 6.07) is 13.3. The van der Waals surface area contributed by atoms with Crippen LogP contribution in [0.25, 0.3) is 0 Å². The van der Waals surface area contributed by atoms with E-state index in [0.29, 0.717) is 18.8 Å². The summed E-state index contributed by atoms with van der Waals surface area (Å²) in [5.74, 6) is 0.305. The van der Waals surface area contributed by atoms with Crippen molar-refractivity contribution < 1.29 is 14.3 Å². The van der Waals surface area contributed by atoms with E-state index in [-0.39, 0.29) is 18.4 Å². The van der Waals surface area contributed by atoms with Gasteiger partial charge in [0.2, 0.25) is 5.91 Å². The molecule has 0 saturated heterocycles. The molecule has 1 N–H and O–H groups in total. The zero-order chi connectivity index (χ0) is 22.1. The molecule has 0 bridgehead atoms. The Bertz CT molecular complexity index is 826. The molecule has 1 atom stereocenters. The Morgan fingerprint density at radius 2 is 1.63 bits per heavy atom. The first-order chi connectivity index (χ1) is 14.3. The lowest BCUT2D eigenvalue weighted by Gasteiger charge is -2.29. The van der Waals surface area contributed by atoms with E-state index in [2.05, 4.69) is 18.3 Å². The van der Waals surface area contributed by atoms with Crippen molar-refractivity contribution in [1.82, 2.24) is 10.2 Å². The van der Waals surface area contributed by atoms with Crippen molar-refractivity contribution in [3.8, 4) is 5.75 Å². The molecule has 0 radical (unpaired) electrons. The predicted octanol–water partition coefficient (Wildman–Crippen LogP) is 4.32. The Hall–Kier alpha value is -2.82. The van der Waals surface area contributed by atoms with E-state index in [9.17, 15) is 9.59 Å². The van der Waals surface area contributed by atoms with E-state index in [0.717, 1.165) is 35.1 Å². The number of amides is 2. The molecule has 30 heavy (non-hydrogen) atoms. The van der Waals surface area contributed by atoms with Gasteiger partial charge in [-0.15, -0.1) is 0 Å². The van der Waals surface area contributed by atoms with Crippen LogP contribution in [0.5, 0.6) is 5.75 Å². The molecule has 0 aliphatic carbocycles. The molecule has 2 aromatic carbocycles. The number of carbonyl (C=O) groups is 2. The van der Waals surface area contributed by atoms with Gasteiger partial charge in [0, 0.05) is 13.1 Å². The summed E-state index contributed by atoms with van der Waals surface area (Å²) >= 11 is 0. The number of nitrogens with one attached hydrogen (secondary N) is 1. The highest BCUT2D eigenvalue weighted by Crippen LogP contribution is 2.17. The van der Waals surface area contributed by atoms with Crippen molar-refractivity contribution in [2.45, 2.75) is 60.0 Å². The quantitative estimate of drug-likeness (QED) is 0.593. The van der Waals surface area contributed by atoms with Crippen LogP contribution < -0.4 is 10.1 Å². The Balaban J connectivity index is 2.12. The monoisotopic (exact) mass is 410 g/mol. The average molecular weight is 411 g/mol. The van der Waals surface area contributed by atoms with Gasteiger partial charge in [-0.2, -0.15) is 0 Å². The second-order valence-corrected chi connectivity index (χ2v) is 7.94. The molecule has 0 spiro atoms. The third kappa shape index (κ3) is 7.21. The van der Waals surface area contributed by atoms with Crippen molar-refractivity contribution in [1.29, 1.82) is 0 Å². The fourth-order valence-electron chi connectivity index (χ4n) is 3.25. The first-order valence-electron chi connectivity index (χ1n) is 10.6. The van der Waals surface area contributed by atoms with Gasteiger partial charge in [-0.25, -0.2) is 0 Å². The van der Waals surface area contributed by atoms with E-state index in [1.54, 1.807) is 11.8 Å². The number of rotatable bonds is 10. The molecular formula is C25H34N2O3. The average Bonchev–Trinajstić information content (AvgIpc) is 2.70. The third-order valence-electron chi connectivity index (χ3n) is 5.03. The number of hydrogen-bond donors (Lipinski definition) is 1. The molecule has 0 aliphatic rings. The van der Waals surface area contributed by atoms with Crippen LogP contribution in [-0.4, -0.2) is 35.9 Å². The van der Waals surface area contributed by atoms with Gasteiger partial charge < -0.3 is 15.0 Å². The van der Waals surface area contributed by atoms with Crippen LogP contribution >= 0.6 is 0 Å². The minimum atomic E-state index is -0.585. The minimum Gasteiger partial charge on any atom is -0.484 e. The first-order valence-corrected chi connectivity index (χ1v) is 10.6. The molecule has 0 fully saturated rings. The van der Waals surface area contributed by atoms with Crippen LogP contribution in [0, 0.1) is 20.8 Å². The fraction of sp³-hybridized carbons (Fsp3) is 0.440. The van der Waals surface area contributed by atoms with E-state index in [4.69, 9.17) is 4.74 Å². The van der Waals surface area contributed by atoms with Crippen LogP contribution in [0.2, 0.25) is 0 Å². The predicted molar refractivity (Wildman–Crippen MR) is 121 cm³/mol. The lowest BCUT2D eigenvalue weighted by atomic mass is 10.1. The van der Waals surface area contributed by atoms with Gasteiger partial charge in [0.05, 0.1) is 0 Å². The smallest absolute Gasteiger partial charge is 0.261 e. The lowest BCUT2D eigenvalue weighted by Crippen LogP contribution is -2.49. The van der Waals surface area contributed by atoms with E-state index in [1.807, 2.05) is 57.2 Å². The third-order valence-corrected chi connectivity index (χ3v) is 5.03. The van der Waals surface area contributed by atoms with Gasteiger partial charge in [0.1, 0.15) is 11.8 Å². The van der Waals surface area contributed by atoms with Crippen molar-refractivity contribution in [3.05, 3.63) is 64.7 Å². The molecule has 0 aliphatic heterocycles. The van der Waals surface area contributed by atoms with Gasteiger partial charge in [-0.3, -0.25) is 9.59 Å². The highest BCUT2D eigenvalue weighted by molar-refractivity contribution is 5.87. The van der Waals surface area contributed by atoms with Crippen molar-refractivity contribution in [2.24, 2.45) is 0 Å².